The molecule has 0 bridgehead atoms. The quantitative estimate of drug-likeness (QED) is 0.946. The van der Waals surface area contributed by atoms with Crippen LogP contribution in [-0.4, -0.2) is 28.6 Å². The van der Waals surface area contributed by atoms with E-state index in [9.17, 15) is 14.3 Å². The normalized spacial score (nSPS) is 20.7. The van der Waals surface area contributed by atoms with Gasteiger partial charge in [-0.25, -0.2) is 4.39 Å². The fraction of sp³-hybridized carbons (Fsp3) is 0.316. The van der Waals surface area contributed by atoms with Crippen molar-refractivity contribution in [1.82, 2.24) is 4.90 Å². The number of likely N-dealkylation sites (tertiary alicyclic amines) is 1. The molecule has 1 saturated heterocycles. The van der Waals surface area contributed by atoms with E-state index in [-0.39, 0.29) is 17.8 Å². The van der Waals surface area contributed by atoms with E-state index in [1.54, 1.807) is 17.0 Å². The molecule has 1 fully saturated rings. The van der Waals surface area contributed by atoms with Crippen molar-refractivity contribution >= 4 is 5.91 Å². The number of aliphatic hydroxyl groups is 1. The van der Waals surface area contributed by atoms with Crippen LogP contribution in [-0.2, 0) is 11.2 Å². The van der Waals surface area contributed by atoms with Crippen molar-refractivity contribution < 1.29 is 14.3 Å². The predicted octanol–water partition coefficient (Wildman–Crippen LogP) is 3.01. The number of rotatable bonds is 3. The molecule has 4 heteroatoms. The molecule has 0 radical (unpaired) electrons. The lowest BCUT2D eigenvalue weighted by Gasteiger charge is -2.25. The van der Waals surface area contributed by atoms with Crippen LogP contribution in [0.1, 0.15) is 29.2 Å². The van der Waals surface area contributed by atoms with Crippen molar-refractivity contribution in [3.63, 3.8) is 0 Å². The third kappa shape index (κ3) is 3.59. The molecule has 1 aliphatic heterocycles. The van der Waals surface area contributed by atoms with Gasteiger partial charge in [-0.2, -0.15) is 0 Å². The Balaban J connectivity index is 1.80. The third-order valence-corrected chi connectivity index (χ3v) is 4.27. The van der Waals surface area contributed by atoms with Crippen molar-refractivity contribution in [2.75, 3.05) is 6.54 Å². The number of β-amino-alcohol motifs (C(OH)–C–C–N with tert-alkyl or cyclic N) is 1. The minimum atomic E-state index is -0.565. The summed E-state index contributed by atoms with van der Waals surface area (Å²) in [6, 6.07) is 13.8. The Labute approximate surface area is 135 Å². The van der Waals surface area contributed by atoms with E-state index in [2.05, 4.69) is 0 Å². The van der Waals surface area contributed by atoms with Gasteiger partial charge in [0.15, 0.2) is 0 Å². The highest BCUT2D eigenvalue weighted by molar-refractivity contribution is 5.79. The van der Waals surface area contributed by atoms with Gasteiger partial charge in [0.1, 0.15) is 5.82 Å². The van der Waals surface area contributed by atoms with Crippen LogP contribution in [0.25, 0.3) is 0 Å². The Bertz CT molecular complexity index is 716. The summed E-state index contributed by atoms with van der Waals surface area (Å²) < 4.78 is 13.5. The molecular weight excluding hydrogens is 293 g/mol. The zero-order valence-electron chi connectivity index (χ0n) is 13.1. The van der Waals surface area contributed by atoms with E-state index in [1.807, 2.05) is 31.2 Å². The fourth-order valence-corrected chi connectivity index (χ4v) is 3.22. The molecule has 0 saturated carbocycles. The van der Waals surface area contributed by atoms with Gasteiger partial charge in [0.2, 0.25) is 5.91 Å². The smallest absolute Gasteiger partial charge is 0.227 e. The lowest BCUT2D eigenvalue weighted by atomic mass is 10.0. The summed E-state index contributed by atoms with van der Waals surface area (Å²) in [5.41, 5.74) is 2.80. The summed E-state index contributed by atoms with van der Waals surface area (Å²) in [7, 11) is 0. The molecule has 0 spiro atoms. The zero-order valence-corrected chi connectivity index (χ0v) is 13.1. The molecule has 0 aliphatic carbocycles. The fourth-order valence-electron chi connectivity index (χ4n) is 3.22. The Kier molecular flexibility index (Phi) is 4.44. The number of hydrogen-bond acceptors (Lipinski definition) is 2. The SMILES string of the molecule is Cc1cccc(CC(=O)N2C[C@@H](O)C[C@@H]2c2cccc(F)c2)c1. The van der Waals surface area contributed by atoms with E-state index in [0.717, 1.165) is 16.7 Å². The lowest BCUT2D eigenvalue weighted by molar-refractivity contribution is -0.131. The van der Waals surface area contributed by atoms with E-state index in [0.29, 0.717) is 19.4 Å². The number of amides is 1. The number of aryl methyl sites for hydroxylation is 1. The second kappa shape index (κ2) is 6.50. The van der Waals surface area contributed by atoms with Crippen molar-refractivity contribution in [3.8, 4) is 0 Å². The molecular formula is C19H20FNO2. The average Bonchev–Trinajstić information content (AvgIpc) is 2.89. The Hall–Kier alpha value is -2.20. The number of aliphatic hydroxyl groups excluding tert-OH is 1. The van der Waals surface area contributed by atoms with Gasteiger partial charge in [-0.05, 0) is 36.6 Å². The number of carbonyl (C=O) groups is 1. The maximum Gasteiger partial charge on any atom is 0.227 e. The van der Waals surface area contributed by atoms with Gasteiger partial charge < -0.3 is 10.0 Å². The first-order valence-corrected chi connectivity index (χ1v) is 7.81. The lowest BCUT2D eigenvalue weighted by Crippen LogP contribution is -2.33. The van der Waals surface area contributed by atoms with Gasteiger partial charge in [0.25, 0.3) is 0 Å². The molecule has 2 aromatic carbocycles. The molecule has 120 valence electrons. The molecule has 1 amide bonds. The first-order chi connectivity index (χ1) is 11.0. The number of hydrogen-bond donors (Lipinski definition) is 1. The average molecular weight is 313 g/mol. The zero-order chi connectivity index (χ0) is 16.4. The van der Waals surface area contributed by atoms with Gasteiger partial charge in [-0.1, -0.05) is 42.0 Å². The molecule has 3 nitrogen and oxygen atoms in total. The first kappa shape index (κ1) is 15.7. The summed E-state index contributed by atoms with van der Waals surface area (Å²) in [5, 5.41) is 9.97. The van der Waals surface area contributed by atoms with Crippen molar-refractivity contribution in [1.29, 1.82) is 0 Å². The molecule has 0 unspecified atom stereocenters. The number of carbonyl (C=O) groups excluding carboxylic acids is 1. The Morgan fingerprint density at radius 1 is 1.26 bits per heavy atom. The van der Waals surface area contributed by atoms with Crippen LogP contribution in [0.4, 0.5) is 4.39 Å². The largest absolute Gasteiger partial charge is 0.391 e. The van der Waals surface area contributed by atoms with Gasteiger partial charge in [-0.3, -0.25) is 4.79 Å². The summed E-state index contributed by atoms with van der Waals surface area (Å²) in [6.07, 6.45) is 0.174. The maximum atomic E-state index is 13.5. The number of halogens is 1. The standard InChI is InChI=1S/C19H20FNO2/c1-13-4-2-5-14(8-13)9-19(23)21-12-17(22)11-18(21)15-6-3-7-16(20)10-15/h2-8,10,17-18,22H,9,11-12H2,1H3/t17-,18+/m0/s1. The van der Waals surface area contributed by atoms with E-state index in [4.69, 9.17) is 0 Å². The van der Waals surface area contributed by atoms with Gasteiger partial charge in [-0.15, -0.1) is 0 Å². The molecule has 0 aromatic heterocycles. The van der Waals surface area contributed by atoms with Crippen LogP contribution < -0.4 is 0 Å². The maximum absolute atomic E-state index is 13.5. The topological polar surface area (TPSA) is 40.5 Å². The highest BCUT2D eigenvalue weighted by Gasteiger charge is 2.35. The van der Waals surface area contributed by atoms with Crippen LogP contribution in [0.2, 0.25) is 0 Å². The van der Waals surface area contributed by atoms with Crippen molar-refractivity contribution in [2.24, 2.45) is 0 Å². The van der Waals surface area contributed by atoms with Crippen LogP contribution in [0.3, 0.4) is 0 Å². The monoisotopic (exact) mass is 313 g/mol. The molecule has 1 heterocycles. The van der Waals surface area contributed by atoms with Gasteiger partial charge >= 0.3 is 0 Å². The molecule has 3 rings (SSSR count). The highest BCUT2D eigenvalue weighted by Crippen LogP contribution is 2.33. The molecule has 1 N–H and O–H groups in total. The second-order valence-electron chi connectivity index (χ2n) is 6.17. The van der Waals surface area contributed by atoms with E-state index >= 15 is 0 Å². The Morgan fingerprint density at radius 3 is 2.78 bits per heavy atom. The summed E-state index contributed by atoms with van der Waals surface area (Å²) in [5.74, 6) is -0.364. The van der Waals surface area contributed by atoms with Gasteiger partial charge in [0, 0.05) is 6.54 Å². The molecule has 23 heavy (non-hydrogen) atoms. The number of nitrogens with zero attached hydrogens (tertiary/aromatic N) is 1. The molecule has 1 aliphatic rings. The van der Waals surface area contributed by atoms with Crippen molar-refractivity contribution in [2.45, 2.75) is 31.9 Å². The molecule has 2 aromatic rings. The Morgan fingerprint density at radius 2 is 2.04 bits per heavy atom. The minimum Gasteiger partial charge on any atom is -0.391 e. The van der Waals surface area contributed by atoms with Crippen LogP contribution >= 0.6 is 0 Å². The highest BCUT2D eigenvalue weighted by atomic mass is 19.1. The first-order valence-electron chi connectivity index (χ1n) is 7.81. The van der Waals surface area contributed by atoms with Crippen LogP contribution in [0.5, 0.6) is 0 Å². The van der Waals surface area contributed by atoms with Crippen LogP contribution in [0.15, 0.2) is 48.5 Å². The minimum absolute atomic E-state index is 0.0404. The second-order valence-corrected chi connectivity index (χ2v) is 6.17. The third-order valence-electron chi connectivity index (χ3n) is 4.27. The molecule has 2 atom stereocenters. The van der Waals surface area contributed by atoms with E-state index < -0.39 is 6.10 Å². The summed E-state index contributed by atoms with van der Waals surface area (Å²) in [6.45, 7) is 2.29. The number of benzene rings is 2. The van der Waals surface area contributed by atoms with Crippen molar-refractivity contribution in [3.05, 3.63) is 71.0 Å². The summed E-state index contributed by atoms with van der Waals surface area (Å²) >= 11 is 0. The van der Waals surface area contributed by atoms with Gasteiger partial charge in [0.05, 0.1) is 18.6 Å². The van der Waals surface area contributed by atoms with E-state index in [1.165, 1.54) is 12.1 Å². The van der Waals surface area contributed by atoms with Crippen LogP contribution in [0, 0.1) is 12.7 Å². The predicted molar refractivity (Wildman–Crippen MR) is 86.4 cm³/mol. The summed E-state index contributed by atoms with van der Waals surface area (Å²) in [4.78, 5) is 14.3.